The zero-order chi connectivity index (χ0) is 19.6. The highest BCUT2D eigenvalue weighted by molar-refractivity contribution is 5.89. The molecular weight excluding hydrogens is 344 g/mol. The Morgan fingerprint density at radius 3 is 2.70 bits per heavy atom. The van der Waals surface area contributed by atoms with Crippen LogP contribution in [0.15, 0.2) is 18.2 Å². The summed E-state index contributed by atoms with van der Waals surface area (Å²) in [6.07, 6.45) is 2.17. The maximum Gasteiger partial charge on any atom is 0.228 e. The molecule has 1 aromatic carbocycles. The van der Waals surface area contributed by atoms with E-state index in [-0.39, 0.29) is 23.8 Å². The lowest BCUT2D eigenvalue weighted by atomic mass is 10.0. The van der Waals surface area contributed by atoms with Gasteiger partial charge in [0.1, 0.15) is 11.5 Å². The Bertz CT molecular complexity index is 703. The van der Waals surface area contributed by atoms with E-state index in [4.69, 9.17) is 9.47 Å². The molecule has 2 heterocycles. The number of rotatable bonds is 6. The second-order valence-corrected chi connectivity index (χ2v) is 7.89. The van der Waals surface area contributed by atoms with Crippen LogP contribution in [-0.4, -0.2) is 55.5 Å². The van der Waals surface area contributed by atoms with Crippen molar-refractivity contribution < 1.29 is 19.1 Å². The third kappa shape index (κ3) is 4.04. The molecule has 148 valence electrons. The van der Waals surface area contributed by atoms with Gasteiger partial charge in [0.2, 0.25) is 11.8 Å². The van der Waals surface area contributed by atoms with E-state index in [1.54, 1.807) is 14.2 Å². The topological polar surface area (TPSA) is 59.1 Å². The van der Waals surface area contributed by atoms with Crippen LogP contribution >= 0.6 is 0 Å². The van der Waals surface area contributed by atoms with E-state index >= 15 is 0 Å². The Kier molecular flexibility index (Phi) is 5.92. The second kappa shape index (κ2) is 8.19. The summed E-state index contributed by atoms with van der Waals surface area (Å²) in [5.74, 6) is 1.87. The highest BCUT2D eigenvalue weighted by atomic mass is 16.5. The van der Waals surface area contributed by atoms with Gasteiger partial charge in [0.25, 0.3) is 0 Å². The number of amides is 2. The quantitative estimate of drug-likeness (QED) is 0.768. The Morgan fingerprint density at radius 2 is 2.04 bits per heavy atom. The monoisotopic (exact) mass is 374 g/mol. The standard InChI is InChI=1S/C21H30N2O4/c1-14(2)12-22-13-15(10-20(22)24)21(25)23-9-5-6-18(23)17-11-16(26-3)7-8-19(17)27-4/h7-8,11,14-15,18H,5-6,9-10,12-13H2,1-4H3/t15-,18+/m0/s1. The zero-order valence-corrected chi connectivity index (χ0v) is 16.7. The summed E-state index contributed by atoms with van der Waals surface area (Å²) in [4.78, 5) is 29.3. The van der Waals surface area contributed by atoms with Crippen LogP contribution in [0.2, 0.25) is 0 Å². The van der Waals surface area contributed by atoms with Crippen LogP contribution in [0.5, 0.6) is 11.5 Å². The van der Waals surface area contributed by atoms with Crippen LogP contribution in [0, 0.1) is 11.8 Å². The fraction of sp³-hybridized carbons (Fsp3) is 0.619. The molecule has 2 saturated heterocycles. The molecule has 0 saturated carbocycles. The van der Waals surface area contributed by atoms with Crippen LogP contribution in [0.25, 0.3) is 0 Å². The van der Waals surface area contributed by atoms with Crippen LogP contribution < -0.4 is 9.47 Å². The highest BCUT2D eigenvalue weighted by Gasteiger charge is 2.40. The van der Waals surface area contributed by atoms with E-state index in [0.717, 1.165) is 43.0 Å². The van der Waals surface area contributed by atoms with Crippen molar-refractivity contribution in [2.45, 2.75) is 39.2 Å². The van der Waals surface area contributed by atoms with Crippen molar-refractivity contribution in [2.75, 3.05) is 33.9 Å². The highest BCUT2D eigenvalue weighted by Crippen LogP contribution is 2.40. The van der Waals surface area contributed by atoms with Crippen molar-refractivity contribution in [1.29, 1.82) is 0 Å². The number of nitrogens with zero attached hydrogens (tertiary/aromatic N) is 2. The summed E-state index contributed by atoms with van der Waals surface area (Å²) >= 11 is 0. The number of hydrogen-bond acceptors (Lipinski definition) is 4. The number of carbonyl (C=O) groups is 2. The average Bonchev–Trinajstić information content (AvgIpc) is 3.27. The Hall–Kier alpha value is -2.24. The summed E-state index contributed by atoms with van der Waals surface area (Å²) in [5.41, 5.74) is 0.978. The molecule has 2 aliphatic rings. The predicted octanol–water partition coefficient (Wildman–Crippen LogP) is 2.87. The van der Waals surface area contributed by atoms with E-state index in [0.29, 0.717) is 18.9 Å². The number of benzene rings is 1. The molecule has 6 heteroatoms. The summed E-state index contributed by atoms with van der Waals surface area (Å²) in [6.45, 7) is 6.16. The van der Waals surface area contributed by atoms with Gasteiger partial charge in [0, 0.05) is 31.6 Å². The van der Waals surface area contributed by atoms with Gasteiger partial charge in [-0.1, -0.05) is 13.8 Å². The van der Waals surface area contributed by atoms with Gasteiger partial charge in [-0.3, -0.25) is 9.59 Å². The SMILES string of the molecule is COc1ccc(OC)c([C@H]2CCCN2C(=O)[C@H]2CC(=O)N(CC(C)C)C2)c1. The normalized spacial score (nSPS) is 22.6. The first-order valence-electron chi connectivity index (χ1n) is 9.74. The minimum atomic E-state index is -0.242. The molecule has 0 spiro atoms. The van der Waals surface area contributed by atoms with Gasteiger partial charge in [0.05, 0.1) is 26.2 Å². The molecule has 2 amide bonds. The summed E-state index contributed by atoms with van der Waals surface area (Å²) in [6, 6.07) is 5.68. The van der Waals surface area contributed by atoms with Crippen LogP contribution in [0.3, 0.4) is 0 Å². The molecule has 2 aliphatic heterocycles. The van der Waals surface area contributed by atoms with Gasteiger partial charge in [-0.15, -0.1) is 0 Å². The first-order valence-corrected chi connectivity index (χ1v) is 9.74. The van der Waals surface area contributed by atoms with Crippen molar-refractivity contribution in [2.24, 2.45) is 11.8 Å². The largest absolute Gasteiger partial charge is 0.497 e. The minimum absolute atomic E-state index is 0.0307. The fourth-order valence-corrected chi connectivity index (χ4v) is 4.24. The van der Waals surface area contributed by atoms with Crippen LogP contribution in [-0.2, 0) is 9.59 Å². The molecule has 0 unspecified atom stereocenters. The maximum atomic E-state index is 13.2. The number of likely N-dealkylation sites (tertiary alicyclic amines) is 2. The van der Waals surface area contributed by atoms with E-state index in [1.807, 2.05) is 28.0 Å². The maximum absolute atomic E-state index is 13.2. The number of methoxy groups -OCH3 is 2. The van der Waals surface area contributed by atoms with Crippen LogP contribution in [0.1, 0.15) is 44.7 Å². The molecule has 0 N–H and O–H groups in total. The summed E-state index contributed by atoms with van der Waals surface area (Å²) < 4.78 is 10.9. The van der Waals surface area contributed by atoms with Crippen molar-refractivity contribution in [3.05, 3.63) is 23.8 Å². The lowest BCUT2D eigenvalue weighted by Gasteiger charge is -2.29. The number of ether oxygens (including phenoxy) is 2. The van der Waals surface area contributed by atoms with Gasteiger partial charge < -0.3 is 19.3 Å². The second-order valence-electron chi connectivity index (χ2n) is 7.89. The fourth-order valence-electron chi connectivity index (χ4n) is 4.24. The Labute approximate surface area is 161 Å². The zero-order valence-electron chi connectivity index (χ0n) is 16.7. The van der Waals surface area contributed by atoms with E-state index in [2.05, 4.69) is 13.8 Å². The minimum Gasteiger partial charge on any atom is -0.497 e. The average molecular weight is 374 g/mol. The number of carbonyl (C=O) groups excluding carboxylic acids is 2. The molecule has 0 aliphatic carbocycles. The van der Waals surface area contributed by atoms with Crippen molar-refractivity contribution in [3.63, 3.8) is 0 Å². The van der Waals surface area contributed by atoms with E-state index < -0.39 is 0 Å². The third-order valence-electron chi connectivity index (χ3n) is 5.48. The molecule has 2 atom stereocenters. The molecule has 6 nitrogen and oxygen atoms in total. The van der Waals surface area contributed by atoms with Gasteiger partial charge in [-0.25, -0.2) is 0 Å². The van der Waals surface area contributed by atoms with Crippen LogP contribution in [0.4, 0.5) is 0 Å². The summed E-state index contributed by atoms with van der Waals surface area (Å²) in [5, 5.41) is 0. The van der Waals surface area contributed by atoms with E-state index in [1.165, 1.54) is 0 Å². The molecular formula is C21H30N2O4. The van der Waals surface area contributed by atoms with Gasteiger partial charge >= 0.3 is 0 Å². The third-order valence-corrected chi connectivity index (χ3v) is 5.48. The number of hydrogen-bond donors (Lipinski definition) is 0. The lowest BCUT2D eigenvalue weighted by molar-refractivity contribution is -0.136. The molecule has 0 bridgehead atoms. The van der Waals surface area contributed by atoms with Crippen molar-refractivity contribution in [3.8, 4) is 11.5 Å². The molecule has 3 rings (SSSR count). The molecule has 27 heavy (non-hydrogen) atoms. The first-order chi connectivity index (χ1) is 12.9. The Balaban J connectivity index is 1.79. The molecule has 2 fully saturated rings. The predicted molar refractivity (Wildman–Crippen MR) is 103 cm³/mol. The van der Waals surface area contributed by atoms with Gasteiger partial charge in [0.15, 0.2) is 0 Å². The van der Waals surface area contributed by atoms with Gasteiger partial charge in [-0.2, -0.15) is 0 Å². The van der Waals surface area contributed by atoms with E-state index in [9.17, 15) is 9.59 Å². The smallest absolute Gasteiger partial charge is 0.228 e. The van der Waals surface area contributed by atoms with Crippen molar-refractivity contribution >= 4 is 11.8 Å². The molecule has 0 aromatic heterocycles. The molecule has 1 aromatic rings. The van der Waals surface area contributed by atoms with Crippen molar-refractivity contribution in [1.82, 2.24) is 9.80 Å². The lowest BCUT2D eigenvalue weighted by Crippen LogP contribution is -2.37. The van der Waals surface area contributed by atoms with Gasteiger partial charge in [-0.05, 0) is 37.0 Å². The Morgan fingerprint density at radius 1 is 1.26 bits per heavy atom. The first kappa shape index (κ1) is 19.5. The molecule has 0 radical (unpaired) electrons. The summed E-state index contributed by atoms with van der Waals surface area (Å²) in [7, 11) is 3.28.